The maximum absolute atomic E-state index is 4.66. The maximum Gasteiger partial charge on any atom is 0.0708 e. The van der Waals surface area contributed by atoms with Crippen LogP contribution in [0.25, 0.3) is 110 Å². The molecule has 0 aliphatic rings. The SMILES string of the molecule is c1cnc2ccc(-c3cc(-c4ccc5ncccc5c4)cc(-c4ccc5ccc6c(-c7ccc8cccnc8c7)ccc7ccc4c5c76)c3)cc2c1. The fourth-order valence-electron chi connectivity index (χ4n) is 8.17. The third-order valence-electron chi connectivity index (χ3n) is 10.7. The standard InChI is InChI=1S/C49H29N3/c1-4-30-7-8-35(29-47(30)52-23-1)41-15-9-31-12-18-44-42(16-10-32-11-17-43(41)48(31)49(32)44)40-27-38(33-13-19-45-36(24-33)5-2-21-50-45)26-39(28-40)34-14-20-46-37(25-34)6-3-22-51-46/h1-29H. The normalized spacial score (nSPS) is 11.8. The number of hydrogen-bond donors (Lipinski definition) is 0. The molecule has 11 aromatic rings. The quantitative estimate of drug-likeness (QED) is 0.177. The zero-order valence-corrected chi connectivity index (χ0v) is 28.1. The van der Waals surface area contributed by atoms with E-state index in [4.69, 9.17) is 0 Å². The van der Waals surface area contributed by atoms with Crippen LogP contribution in [0.2, 0.25) is 0 Å². The summed E-state index contributed by atoms with van der Waals surface area (Å²) in [6.45, 7) is 0. The highest BCUT2D eigenvalue weighted by atomic mass is 14.6. The van der Waals surface area contributed by atoms with Crippen LogP contribution in [0.3, 0.4) is 0 Å². The molecule has 3 heteroatoms. The molecule has 0 saturated carbocycles. The number of benzene rings is 8. The maximum atomic E-state index is 4.66. The Morgan fingerprint density at radius 3 is 1.33 bits per heavy atom. The Balaban J connectivity index is 1.15. The van der Waals surface area contributed by atoms with E-state index in [0.29, 0.717) is 0 Å². The van der Waals surface area contributed by atoms with Gasteiger partial charge in [-0.2, -0.15) is 0 Å². The molecule has 52 heavy (non-hydrogen) atoms. The molecule has 3 aromatic heterocycles. The molecule has 3 heterocycles. The topological polar surface area (TPSA) is 38.7 Å². The molecular formula is C49H29N3. The molecule has 0 N–H and O–H groups in total. The van der Waals surface area contributed by atoms with Gasteiger partial charge in [0.15, 0.2) is 0 Å². The number of fused-ring (bicyclic) bond motifs is 3. The van der Waals surface area contributed by atoms with Crippen LogP contribution in [-0.2, 0) is 0 Å². The van der Waals surface area contributed by atoms with E-state index in [0.717, 1.165) is 32.7 Å². The van der Waals surface area contributed by atoms with Crippen molar-refractivity contribution < 1.29 is 0 Å². The zero-order chi connectivity index (χ0) is 34.2. The molecule has 11 rings (SSSR count). The number of hydrogen-bond acceptors (Lipinski definition) is 3. The number of rotatable bonds is 4. The molecule has 0 unspecified atom stereocenters. The lowest BCUT2D eigenvalue weighted by molar-refractivity contribution is 1.41. The molecule has 8 aromatic carbocycles. The number of pyridine rings is 3. The summed E-state index contributed by atoms with van der Waals surface area (Å²) in [6, 6.07) is 57.5. The second kappa shape index (κ2) is 11.3. The van der Waals surface area contributed by atoms with Gasteiger partial charge in [-0.3, -0.25) is 15.0 Å². The predicted octanol–water partition coefficient (Wildman–Crippen LogP) is 12.9. The monoisotopic (exact) mass is 659 g/mol. The minimum Gasteiger partial charge on any atom is -0.256 e. The summed E-state index contributed by atoms with van der Waals surface area (Å²) < 4.78 is 0. The highest BCUT2D eigenvalue weighted by molar-refractivity contribution is 6.27. The van der Waals surface area contributed by atoms with Crippen LogP contribution < -0.4 is 0 Å². The van der Waals surface area contributed by atoms with Crippen molar-refractivity contribution in [1.29, 1.82) is 0 Å². The van der Waals surface area contributed by atoms with Gasteiger partial charge in [0.25, 0.3) is 0 Å². The van der Waals surface area contributed by atoms with E-state index in [-0.39, 0.29) is 0 Å². The molecule has 0 atom stereocenters. The Labute approximate surface area is 299 Å². The fraction of sp³-hybridized carbons (Fsp3) is 0. The van der Waals surface area contributed by atoms with Gasteiger partial charge in [0.1, 0.15) is 0 Å². The van der Waals surface area contributed by atoms with Crippen molar-refractivity contribution in [2.45, 2.75) is 0 Å². The van der Waals surface area contributed by atoms with Crippen LogP contribution in [0, 0.1) is 0 Å². The average molecular weight is 660 g/mol. The van der Waals surface area contributed by atoms with Gasteiger partial charge in [-0.25, -0.2) is 0 Å². The first-order chi connectivity index (χ1) is 25.7. The van der Waals surface area contributed by atoms with Crippen molar-refractivity contribution in [2.75, 3.05) is 0 Å². The van der Waals surface area contributed by atoms with Crippen molar-refractivity contribution in [2.24, 2.45) is 0 Å². The molecule has 3 nitrogen and oxygen atoms in total. The van der Waals surface area contributed by atoms with Gasteiger partial charge in [0.2, 0.25) is 0 Å². The number of aromatic nitrogens is 3. The molecule has 0 aliphatic heterocycles. The van der Waals surface area contributed by atoms with Gasteiger partial charge >= 0.3 is 0 Å². The molecule has 0 spiro atoms. The van der Waals surface area contributed by atoms with Gasteiger partial charge in [-0.1, -0.05) is 91.0 Å². The van der Waals surface area contributed by atoms with Crippen LogP contribution in [0.15, 0.2) is 176 Å². The van der Waals surface area contributed by atoms with Gasteiger partial charge in [-0.15, -0.1) is 0 Å². The first-order valence-corrected chi connectivity index (χ1v) is 17.7. The fourth-order valence-corrected chi connectivity index (χ4v) is 8.17. The predicted molar refractivity (Wildman–Crippen MR) is 218 cm³/mol. The lowest BCUT2D eigenvalue weighted by Crippen LogP contribution is -1.91. The first kappa shape index (κ1) is 28.8. The average Bonchev–Trinajstić information content (AvgIpc) is 3.22. The summed E-state index contributed by atoms with van der Waals surface area (Å²) >= 11 is 0. The molecule has 0 bridgehead atoms. The molecule has 0 aliphatic carbocycles. The van der Waals surface area contributed by atoms with Crippen LogP contribution in [0.5, 0.6) is 0 Å². The number of nitrogens with zero attached hydrogens (tertiary/aromatic N) is 3. The summed E-state index contributed by atoms with van der Waals surface area (Å²) in [7, 11) is 0. The Kier molecular flexibility index (Phi) is 6.25. The summed E-state index contributed by atoms with van der Waals surface area (Å²) in [4.78, 5) is 13.8. The van der Waals surface area contributed by atoms with Crippen molar-refractivity contribution in [3.8, 4) is 44.5 Å². The third-order valence-corrected chi connectivity index (χ3v) is 10.7. The minimum atomic E-state index is 0.996. The van der Waals surface area contributed by atoms with Crippen molar-refractivity contribution in [1.82, 2.24) is 15.0 Å². The van der Waals surface area contributed by atoms with E-state index in [2.05, 4.69) is 154 Å². The Bertz CT molecular complexity index is 3100. The van der Waals surface area contributed by atoms with E-state index in [1.54, 1.807) is 0 Å². The minimum absolute atomic E-state index is 0.996. The zero-order valence-electron chi connectivity index (χ0n) is 28.1. The Morgan fingerprint density at radius 1 is 0.269 bits per heavy atom. The highest BCUT2D eigenvalue weighted by Gasteiger charge is 2.17. The molecule has 0 amide bonds. The van der Waals surface area contributed by atoms with E-state index in [1.807, 2.05) is 36.8 Å². The van der Waals surface area contributed by atoms with Crippen molar-refractivity contribution in [3.05, 3.63) is 176 Å². The second-order valence-corrected chi connectivity index (χ2v) is 13.7. The summed E-state index contributed by atoms with van der Waals surface area (Å²) in [5.41, 5.74) is 12.5. The second-order valence-electron chi connectivity index (χ2n) is 13.7. The van der Waals surface area contributed by atoms with Crippen molar-refractivity contribution >= 4 is 65.0 Å². The molecule has 0 saturated heterocycles. The molecule has 0 radical (unpaired) electrons. The summed E-state index contributed by atoms with van der Waals surface area (Å²) in [6.07, 6.45) is 5.57. The smallest absolute Gasteiger partial charge is 0.0708 e. The van der Waals surface area contributed by atoms with E-state index in [9.17, 15) is 0 Å². The molecule has 240 valence electrons. The van der Waals surface area contributed by atoms with Gasteiger partial charge in [0, 0.05) is 34.7 Å². The van der Waals surface area contributed by atoms with Crippen molar-refractivity contribution in [3.63, 3.8) is 0 Å². The van der Waals surface area contributed by atoms with Gasteiger partial charge in [0.05, 0.1) is 16.6 Å². The summed E-state index contributed by atoms with van der Waals surface area (Å²) in [5.74, 6) is 0. The van der Waals surface area contributed by atoms with Crippen LogP contribution >= 0.6 is 0 Å². The lowest BCUT2D eigenvalue weighted by atomic mass is 9.86. The van der Waals surface area contributed by atoms with Gasteiger partial charge < -0.3 is 0 Å². The van der Waals surface area contributed by atoms with E-state index < -0.39 is 0 Å². The van der Waals surface area contributed by atoms with Crippen LogP contribution in [-0.4, -0.2) is 15.0 Å². The highest BCUT2D eigenvalue weighted by Crippen LogP contribution is 2.44. The Morgan fingerprint density at radius 2 is 0.731 bits per heavy atom. The lowest BCUT2D eigenvalue weighted by Gasteiger charge is -2.18. The first-order valence-electron chi connectivity index (χ1n) is 17.7. The van der Waals surface area contributed by atoms with E-state index in [1.165, 1.54) is 76.8 Å². The molecule has 0 fully saturated rings. The Hall–Kier alpha value is -6.97. The molecular weight excluding hydrogens is 631 g/mol. The van der Waals surface area contributed by atoms with Crippen LogP contribution in [0.4, 0.5) is 0 Å². The third kappa shape index (κ3) is 4.57. The van der Waals surface area contributed by atoms with Crippen LogP contribution in [0.1, 0.15) is 0 Å². The van der Waals surface area contributed by atoms with E-state index >= 15 is 0 Å². The summed E-state index contributed by atoms with van der Waals surface area (Å²) in [5, 5.41) is 11.0. The van der Waals surface area contributed by atoms with Gasteiger partial charge in [-0.05, 0) is 144 Å². The largest absolute Gasteiger partial charge is 0.256 e.